The van der Waals surface area contributed by atoms with Gasteiger partial charge in [0.05, 0.1) is 12.2 Å². The summed E-state index contributed by atoms with van der Waals surface area (Å²) in [6.07, 6.45) is 2.26. The molecule has 0 aromatic rings. The first-order chi connectivity index (χ1) is 9.90. The maximum absolute atomic E-state index is 12.0. The van der Waals surface area contributed by atoms with Crippen molar-refractivity contribution in [3.8, 4) is 0 Å². The van der Waals surface area contributed by atoms with E-state index in [0.29, 0.717) is 25.6 Å². The van der Waals surface area contributed by atoms with Gasteiger partial charge in [-0.05, 0) is 25.2 Å². The molecule has 0 aromatic heterocycles. The maximum atomic E-state index is 12.0. The third-order valence-corrected chi connectivity index (χ3v) is 4.22. The Labute approximate surface area is 129 Å². The second-order valence-electron chi connectivity index (χ2n) is 6.52. The Morgan fingerprint density at radius 1 is 1.19 bits per heavy atom. The topological polar surface area (TPSA) is 53.0 Å². The Morgan fingerprint density at radius 3 is 2.43 bits per heavy atom. The first-order valence-electron chi connectivity index (χ1n) is 8.26. The first-order valence-corrected chi connectivity index (χ1v) is 8.26. The lowest BCUT2D eigenvalue weighted by Gasteiger charge is -2.32. The predicted molar refractivity (Wildman–Crippen MR) is 84.3 cm³/mol. The molecule has 1 fully saturated rings. The zero-order chi connectivity index (χ0) is 15.9. The monoisotopic (exact) mass is 300 g/mol. The smallest absolute Gasteiger partial charge is 0.409 e. The van der Waals surface area contributed by atoms with E-state index in [-0.39, 0.29) is 6.09 Å². The molecule has 124 valence electrons. The summed E-state index contributed by atoms with van der Waals surface area (Å²) in [5.74, 6) is 0.363. The molecular weight excluding hydrogens is 268 g/mol. The van der Waals surface area contributed by atoms with Crippen LogP contribution in [0.1, 0.15) is 47.0 Å². The van der Waals surface area contributed by atoms with E-state index in [1.165, 1.54) is 0 Å². The van der Waals surface area contributed by atoms with Crippen molar-refractivity contribution in [3.05, 3.63) is 0 Å². The fraction of sp³-hybridized carbons (Fsp3) is 0.938. The number of aliphatic hydroxyl groups is 1. The number of carbonyl (C=O) groups is 1. The molecule has 0 bridgehead atoms. The molecule has 1 aliphatic rings. The summed E-state index contributed by atoms with van der Waals surface area (Å²) >= 11 is 0. The Hall–Kier alpha value is -0.810. The average molecular weight is 300 g/mol. The van der Waals surface area contributed by atoms with E-state index >= 15 is 0 Å². The van der Waals surface area contributed by atoms with E-state index in [9.17, 15) is 9.90 Å². The molecule has 0 aromatic carbocycles. The standard InChI is InChI=1S/C16H32N2O3/c1-5-16(20,6-2)13-17-8-7-9-18(11-10-17)15(19)21-12-14(3)4/h14,20H,5-13H2,1-4H3. The van der Waals surface area contributed by atoms with Gasteiger partial charge in [-0.1, -0.05) is 27.7 Å². The van der Waals surface area contributed by atoms with Gasteiger partial charge < -0.3 is 14.7 Å². The predicted octanol–water partition coefficient (Wildman–Crippen LogP) is 2.34. The van der Waals surface area contributed by atoms with Crippen LogP contribution in [0.5, 0.6) is 0 Å². The minimum atomic E-state index is -0.604. The molecule has 0 atom stereocenters. The SMILES string of the molecule is CCC(O)(CC)CN1CCCN(C(=O)OCC(C)C)CC1. The van der Waals surface area contributed by atoms with Crippen molar-refractivity contribution in [2.24, 2.45) is 5.92 Å². The number of ether oxygens (including phenoxy) is 1. The molecule has 0 radical (unpaired) electrons. The van der Waals surface area contributed by atoms with Crippen LogP contribution in [-0.4, -0.2) is 65.9 Å². The average Bonchev–Trinajstić information content (AvgIpc) is 2.70. The molecule has 0 aliphatic carbocycles. The molecular formula is C16H32N2O3. The number of nitrogens with zero attached hydrogens (tertiary/aromatic N) is 2. The Morgan fingerprint density at radius 2 is 1.86 bits per heavy atom. The van der Waals surface area contributed by atoms with E-state index in [1.54, 1.807) is 4.90 Å². The van der Waals surface area contributed by atoms with Crippen molar-refractivity contribution in [3.63, 3.8) is 0 Å². The fourth-order valence-electron chi connectivity index (χ4n) is 2.53. The Bertz CT molecular complexity index is 317. The minimum absolute atomic E-state index is 0.202. The van der Waals surface area contributed by atoms with Crippen LogP contribution >= 0.6 is 0 Å². The molecule has 1 aliphatic heterocycles. The van der Waals surface area contributed by atoms with E-state index in [1.807, 2.05) is 27.7 Å². The third kappa shape index (κ3) is 6.22. The summed E-state index contributed by atoms with van der Waals surface area (Å²) in [6.45, 7) is 12.4. The summed E-state index contributed by atoms with van der Waals surface area (Å²) in [4.78, 5) is 16.1. The van der Waals surface area contributed by atoms with Gasteiger partial charge in [0.2, 0.25) is 0 Å². The lowest BCUT2D eigenvalue weighted by Crippen LogP contribution is -2.44. The summed E-state index contributed by atoms with van der Waals surface area (Å²) in [5.41, 5.74) is -0.604. The normalized spacial score (nSPS) is 17.9. The molecule has 1 N–H and O–H groups in total. The highest BCUT2D eigenvalue weighted by molar-refractivity contribution is 5.67. The van der Waals surface area contributed by atoms with Gasteiger partial charge in [-0.15, -0.1) is 0 Å². The van der Waals surface area contributed by atoms with Gasteiger partial charge in [0.25, 0.3) is 0 Å². The highest BCUT2D eigenvalue weighted by Gasteiger charge is 2.27. The largest absolute Gasteiger partial charge is 0.449 e. The van der Waals surface area contributed by atoms with Crippen LogP contribution in [0.2, 0.25) is 0 Å². The van der Waals surface area contributed by atoms with Crippen molar-refractivity contribution >= 4 is 6.09 Å². The molecule has 5 heteroatoms. The highest BCUT2D eigenvalue weighted by atomic mass is 16.6. The van der Waals surface area contributed by atoms with Crippen LogP contribution in [0, 0.1) is 5.92 Å². The van der Waals surface area contributed by atoms with Crippen molar-refractivity contribution in [2.75, 3.05) is 39.3 Å². The second kappa shape index (κ2) is 8.59. The second-order valence-corrected chi connectivity index (χ2v) is 6.52. The molecule has 1 heterocycles. The van der Waals surface area contributed by atoms with E-state index in [4.69, 9.17) is 4.74 Å². The molecule has 5 nitrogen and oxygen atoms in total. The van der Waals surface area contributed by atoms with Crippen molar-refractivity contribution in [1.82, 2.24) is 9.80 Å². The van der Waals surface area contributed by atoms with Gasteiger partial charge in [-0.3, -0.25) is 4.90 Å². The lowest BCUT2D eigenvalue weighted by atomic mass is 9.97. The minimum Gasteiger partial charge on any atom is -0.449 e. The number of amides is 1. The van der Waals surface area contributed by atoms with Crippen LogP contribution < -0.4 is 0 Å². The first kappa shape index (κ1) is 18.2. The van der Waals surface area contributed by atoms with E-state index in [2.05, 4.69) is 4.90 Å². The van der Waals surface area contributed by atoms with Gasteiger partial charge in [-0.25, -0.2) is 4.79 Å². The quantitative estimate of drug-likeness (QED) is 0.818. The van der Waals surface area contributed by atoms with Gasteiger partial charge in [0, 0.05) is 32.7 Å². The van der Waals surface area contributed by atoms with Crippen molar-refractivity contribution in [1.29, 1.82) is 0 Å². The number of hydrogen-bond acceptors (Lipinski definition) is 4. The molecule has 1 amide bonds. The number of rotatable bonds is 6. The van der Waals surface area contributed by atoms with Crippen LogP contribution in [-0.2, 0) is 4.74 Å². The Kier molecular flexibility index (Phi) is 7.46. The van der Waals surface area contributed by atoms with Crippen LogP contribution in [0.15, 0.2) is 0 Å². The molecule has 0 spiro atoms. The van der Waals surface area contributed by atoms with Gasteiger partial charge >= 0.3 is 6.09 Å². The Balaban J connectivity index is 2.44. The van der Waals surface area contributed by atoms with Gasteiger partial charge in [0.15, 0.2) is 0 Å². The molecule has 1 saturated heterocycles. The summed E-state index contributed by atoms with van der Waals surface area (Å²) in [7, 11) is 0. The van der Waals surface area contributed by atoms with Crippen LogP contribution in [0.3, 0.4) is 0 Å². The third-order valence-electron chi connectivity index (χ3n) is 4.22. The zero-order valence-electron chi connectivity index (χ0n) is 14.1. The summed E-state index contributed by atoms with van der Waals surface area (Å²) < 4.78 is 5.30. The highest BCUT2D eigenvalue weighted by Crippen LogP contribution is 2.17. The molecule has 0 saturated carbocycles. The maximum Gasteiger partial charge on any atom is 0.409 e. The summed E-state index contributed by atoms with van der Waals surface area (Å²) in [6, 6.07) is 0. The zero-order valence-corrected chi connectivity index (χ0v) is 14.1. The van der Waals surface area contributed by atoms with E-state index in [0.717, 1.165) is 38.9 Å². The molecule has 21 heavy (non-hydrogen) atoms. The number of carbonyl (C=O) groups excluding carboxylic acids is 1. The molecule has 0 unspecified atom stereocenters. The molecule has 1 rings (SSSR count). The summed E-state index contributed by atoms with van der Waals surface area (Å²) in [5, 5.41) is 10.4. The van der Waals surface area contributed by atoms with E-state index < -0.39 is 5.60 Å². The fourth-order valence-corrected chi connectivity index (χ4v) is 2.53. The van der Waals surface area contributed by atoms with Gasteiger partial charge in [-0.2, -0.15) is 0 Å². The number of β-amino-alcohol motifs (C(OH)–C–C–N with tert-alkyl or cyclic N) is 1. The number of hydrogen-bond donors (Lipinski definition) is 1. The van der Waals surface area contributed by atoms with Crippen molar-refractivity contribution in [2.45, 2.75) is 52.6 Å². The van der Waals surface area contributed by atoms with Crippen molar-refractivity contribution < 1.29 is 14.6 Å². The lowest BCUT2D eigenvalue weighted by molar-refractivity contribution is -0.00235. The van der Waals surface area contributed by atoms with Crippen LogP contribution in [0.25, 0.3) is 0 Å². The van der Waals surface area contributed by atoms with Gasteiger partial charge in [0.1, 0.15) is 0 Å². The van der Waals surface area contributed by atoms with Crippen LogP contribution in [0.4, 0.5) is 4.79 Å².